The quantitative estimate of drug-likeness (QED) is 0.573. The molecule has 0 aliphatic carbocycles. The maximum atomic E-state index is 12.1. The molecule has 0 aliphatic rings. The number of rotatable bonds is 11. The largest absolute Gasteiger partial charge is 0.464 e. The van der Waals surface area contributed by atoms with E-state index in [9.17, 15) is 9.59 Å². The van der Waals surface area contributed by atoms with Gasteiger partial charge in [0.25, 0.3) is 0 Å². The number of esters is 2. The van der Waals surface area contributed by atoms with E-state index in [0.717, 1.165) is 5.56 Å². The van der Waals surface area contributed by atoms with Crippen molar-refractivity contribution in [2.24, 2.45) is 29.2 Å². The van der Waals surface area contributed by atoms with Crippen LogP contribution in [0.25, 0.3) is 0 Å². The van der Waals surface area contributed by atoms with Gasteiger partial charge in [0, 0.05) is 0 Å². The van der Waals surface area contributed by atoms with Crippen molar-refractivity contribution in [3.63, 3.8) is 0 Å². The summed E-state index contributed by atoms with van der Waals surface area (Å²) in [6.07, 6.45) is 1.09. The van der Waals surface area contributed by atoms with E-state index in [1.54, 1.807) is 0 Å². The van der Waals surface area contributed by atoms with E-state index in [-0.39, 0.29) is 30.3 Å². The lowest BCUT2D eigenvalue weighted by Crippen LogP contribution is -2.40. The zero-order valence-electron chi connectivity index (χ0n) is 16.9. The van der Waals surface area contributed by atoms with Crippen LogP contribution in [-0.4, -0.2) is 37.2 Å². The van der Waals surface area contributed by atoms with Crippen LogP contribution in [0.3, 0.4) is 0 Å². The first kappa shape index (κ1) is 23.1. The van der Waals surface area contributed by atoms with E-state index >= 15 is 0 Å². The second-order valence-corrected chi connectivity index (χ2v) is 7.79. The summed E-state index contributed by atoms with van der Waals surface area (Å²) in [6, 6.07) is 8.22. The van der Waals surface area contributed by atoms with Crippen LogP contribution in [0.1, 0.15) is 39.7 Å². The molecule has 0 fully saturated rings. The predicted octanol–water partition coefficient (Wildman–Crippen LogP) is 2.29. The van der Waals surface area contributed by atoms with E-state index in [1.807, 2.05) is 58.0 Å². The molecular formula is C21H34N2O4. The van der Waals surface area contributed by atoms with Gasteiger partial charge in [-0.15, -0.1) is 0 Å². The molecule has 6 heteroatoms. The van der Waals surface area contributed by atoms with Gasteiger partial charge in [0.05, 0.1) is 13.2 Å². The Morgan fingerprint density at radius 3 is 2.11 bits per heavy atom. The molecule has 4 atom stereocenters. The second kappa shape index (κ2) is 11.7. The smallest absolute Gasteiger partial charge is 0.323 e. The Morgan fingerprint density at radius 2 is 1.52 bits per heavy atom. The van der Waals surface area contributed by atoms with E-state index in [0.29, 0.717) is 19.4 Å². The monoisotopic (exact) mass is 378 g/mol. The zero-order valence-corrected chi connectivity index (χ0v) is 16.9. The van der Waals surface area contributed by atoms with Gasteiger partial charge < -0.3 is 20.9 Å². The van der Waals surface area contributed by atoms with Crippen LogP contribution in [0.5, 0.6) is 0 Å². The molecule has 0 aromatic heterocycles. The molecule has 0 saturated carbocycles. The second-order valence-electron chi connectivity index (χ2n) is 7.79. The van der Waals surface area contributed by atoms with Crippen LogP contribution >= 0.6 is 0 Å². The van der Waals surface area contributed by atoms with Crippen LogP contribution in [0, 0.1) is 17.8 Å². The molecule has 0 amide bonds. The minimum atomic E-state index is -0.690. The van der Waals surface area contributed by atoms with Crippen molar-refractivity contribution >= 4 is 11.9 Å². The molecule has 152 valence electrons. The van der Waals surface area contributed by atoms with Crippen LogP contribution in [0.15, 0.2) is 30.3 Å². The Labute approximate surface area is 162 Å². The average molecular weight is 379 g/mol. The fraction of sp³-hybridized carbons (Fsp3) is 0.619. The van der Waals surface area contributed by atoms with E-state index in [2.05, 4.69) is 0 Å². The van der Waals surface area contributed by atoms with E-state index < -0.39 is 18.1 Å². The van der Waals surface area contributed by atoms with Crippen LogP contribution in [0.2, 0.25) is 0 Å². The molecule has 27 heavy (non-hydrogen) atoms. The third-order valence-electron chi connectivity index (χ3n) is 4.33. The summed E-state index contributed by atoms with van der Waals surface area (Å²) in [6.45, 7) is 8.42. The Hall–Kier alpha value is -1.92. The highest BCUT2D eigenvalue weighted by molar-refractivity contribution is 5.76. The average Bonchev–Trinajstić information content (AvgIpc) is 2.64. The molecule has 0 spiro atoms. The van der Waals surface area contributed by atoms with Crippen molar-refractivity contribution in [1.82, 2.24) is 0 Å². The van der Waals surface area contributed by atoms with Gasteiger partial charge in [0.2, 0.25) is 0 Å². The van der Waals surface area contributed by atoms with Gasteiger partial charge in [0.15, 0.2) is 0 Å². The van der Waals surface area contributed by atoms with Crippen molar-refractivity contribution in [2.45, 2.75) is 52.6 Å². The van der Waals surface area contributed by atoms with Gasteiger partial charge in [-0.3, -0.25) is 9.59 Å². The Bertz CT molecular complexity index is 577. The van der Waals surface area contributed by atoms with Crippen molar-refractivity contribution in [3.05, 3.63) is 35.9 Å². The van der Waals surface area contributed by atoms with Crippen molar-refractivity contribution in [2.75, 3.05) is 13.2 Å². The molecule has 0 bridgehead atoms. The van der Waals surface area contributed by atoms with Gasteiger partial charge in [0.1, 0.15) is 12.1 Å². The molecule has 0 saturated heterocycles. The van der Waals surface area contributed by atoms with Gasteiger partial charge in [-0.25, -0.2) is 0 Å². The summed E-state index contributed by atoms with van der Waals surface area (Å²) >= 11 is 0. The Kier molecular flexibility index (Phi) is 10.0. The Morgan fingerprint density at radius 1 is 0.926 bits per heavy atom. The molecule has 4 N–H and O–H groups in total. The van der Waals surface area contributed by atoms with Crippen LogP contribution in [-0.2, 0) is 25.5 Å². The fourth-order valence-electron chi connectivity index (χ4n) is 2.71. The molecule has 2 unspecified atom stereocenters. The summed E-state index contributed by atoms with van der Waals surface area (Å²) in [5.41, 5.74) is 12.9. The van der Waals surface area contributed by atoms with Crippen molar-refractivity contribution < 1.29 is 19.1 Å². The molecule has 1 aromatic carbocycles. The lowest BCUT2D eigenvalue weighted by molar-refractivity contribution is -0.149. The van der Waals surface area contributed by atoms with Gasteiger partial charge >= 0.3 is 11.9 Å². The first-order chi connectivity index (χ1) is 12.7. The lowest BCUT2D eigenvalue weighted by atomic mass is 9.92. The first-order valence-corrected chi connectivity index (χ1v) is 9.59. The normalized spacial score (nSPS) is 15.7. The summed E-state index contributed by atoms with van der Waals surface area (Å²) in [5, 5.41) is 0. The van der Waals surface area contributed by atoms with E-state index in [4.69, 9.17) is 20.9 Å². The van der Waals surface area contributed by atoms with Gasteiger partial charge in [-0.05, 0) is 36.2 Å². The third kappa shape index (κ3) is 9.02. The van der Waals surface area contributed by atoms with Crippen molar-refractivity contribution in [1.29, 1.82) is 0 Å². The summed E-state index contributed by atoms with van der Waals surface area (Å²) in [5.74, 6) is -0.535. The Balaban J connectivity index is 2.35. The van der Waals surface area contributed by atoms with E-state index in [1.165, 1.54) is 0 Å². The minimum absolute atomic E-state index is 0.0665. The number of carbonyl (C=O) groups excluding carboxylic acids is 2. The number of carbonyl (C=O) groups is 2. The first-order valence-electron chi connectivity index (χ1n) is 9.59. The summed E-state index contributed by atoms with van der Waals surface area (Å²) in [4.78, 5) is 24.0. The number of ether oxygens (including phenoxy) is 2. The summed E-state index contributed by atoms with van der Waals surface area (Å²) in [7, 11) is 0. The maximum Gasteiger partial charge on any atom is 0.323 e. The van der Waals surface area contributed by atoms with Crippen LogP contribution < -0.4 is 11.5 Å². The van der Waals surface area contributed by atoms with Crippen LogP contribution in [0.4, 0.5) is 0 Å². The number of hydrogen-bond acceptors (Lipinski definition) is 6. The topological polar surface area (TPSA) is 105 Å². The standard InChI is InChI=1S/C21H34N2O4/c1-14(2)12-26-21(25)19(23)16(4)10-15(3)13-27-20(24)18(22)11-17-8-6-5-7-9-17/h5-9,14-16,18-19H,10-13,22-23H2,1-4H3/t15?,16?,18-,19-/m0/s1. The zero-order chi connectivity index (χ0) is 20.4. The molecule has 1 aromatic rings. The SMILES string of the molecule is CC(C)COC(=O)[C@@H](N)C(C)CC(C)COC(=O)[C@@H](N)Cc1ccccc1. The molecule has 0 radical (unpaired) electrons. The van der Waals surface area contributed by atoms with Gasteiger partial charge in [-0.1, -0.05) is 58.0 Å². The summed E-state index contributed by atoms with van der Waals surface area (Å²) < 4.78 is 10.5. The maximum absolute atomic E-state index is 12.1. The number of benzene rings is 1. The molecule has 0 heterocycles. The fourth-order valence-corrected chi connectivity index (χ4v) is 2.71. The third-order valence-corrected chi connectivity index (χ3v) is 4.33. The molecule has 1 rings (SSSR count). The molecular weight excluding hydrogens is 344 g/mol. The molecule has 0 aliphatic heterocycles. The van der Waals surface area contributed by atoms with Crippen molar-refractivity contribution in [3.8, 4) is 0 Å². The highest BCUT2D eigenvalue weighted by atomic mass is 16.5. The lowest BCUT2D eigenvalue weighted by Gasteiger charge is -2.22. The number of hydrogen-bond donors (Lipinski definition) is 2. The van der Waals surface area contributed by atoms with Gasteiger partial charge in [-0.2, -0.15) is 0 Å². The molecule has 6 nitrogen and oxygen atoms in total. The highest BCUT2D eigenvalue weighted by Gasteiger charge is 2.25. The highest BCUT2D eigenvalue weighted by Crippen LogP contribution is 2.16. The predicted molar refractivity (Wildman–Crippen MR) is 106 cm³/mol. The minimum Gasteiger partial charge on any atom is -0.464 e. The number of nitrogens with two attached hydrogens (primary N) is 2.